The first-order valence-corrected chi connectivity index (χ1v) is 15.2. The van der Waals surface area contributed by atoms with Gasteiger partial charge in [0.15, 0.2) is 23.0 Å². The predicted octanol–water partition coefficient (Wildman–Crippen LogP) is 12.0. The van der Waals surface area contributed by atoms with Crippen molar-refractivity contribution in [1.29, 1.82) is 0 Å². The lowest BCUT2D eigenvalue weighted by Crippen LogP contribution is -2.17. The molecule has 2 aliphatic heterocycles. The number of benzene rings is 6. The van der Waals surface area contributed by atoms with Crippen LogP contribution in [0.15, 0.2) is 142 Å². The summed E-state index contributed by atoms with van der Waals surface area (Å²) in [4.78, 5) is 4.55. The third-order valence-corrected chi connectivity index (χ3v) is 8.47. The van der Waals surface area contributed by atoms with Gasteiger partial charge in [-0.2, -0.15) is 0 Å². The fourth-order valence-electron chi connectivity index (χ4n) is 5.74. The molecule has 202 valence electrons. The van der Waals surface area contributed by atoms with E-state index in [4.69, 9.17) is 9.47 Å². The second-order valence-corrected chi connectivity index (χ2v) is 11.9. The van der Waals surface area contributed by atoms with Gasteiger partial charge in [-0.15, -0.1) is 0 Å². The molecule has 6 aromatic carbocycles. The molecule has 2 heterocycles. The quantitative estimate of drug-likeness (QED) is 0.186. The van der Waals surface area contributed by atoms with Crippen molar-refractivity contribution in [2.75, 3.05) is 9.80 Å². The molecule has 0 spiro atoms. The Bertz CT molecular complexity index is 1920. The SMILES string of the molecule is Brc1cc(-c2ccc(Br)cc2N2c3ccccc3Oc3ccccc32)cc(N2c3ccccc3Oc3ccccc32)c1. The third kappa shape index (κ3) is 4.18. The summed E-state index contributed by atoms with van der Waals surface area (Å²) < 4.78 is 14.6. The molecule has 42 heavy (non-hydrogen) atoms. The highest BCUT2D eigenvalue weighted by Crippen LogP contribution is 2.54. The van der Waals surface area contributed by atoms with Gasteiger partial charge in [-0.25, -0.2) is 0 Å². The molecule has 0 radical (unpaired) electrons. The first-order chi connectivity index (χ1) is 20.6. The largest absolute Gasteiger partial charge is 0.453 e. The Hall–Kier alpha value is -4.52. The molecule has 0 aliphatic carbocycles. The average molecular weight is 674 g/mol. The standard InChI is InChI=1S/C36H22Br2N2O2/c37-24-17-18-27(32(22-24)40-30-11-3-7-15-35(30)42-36-16-8-4-12-31(36)40)23-19-25(38)21-26(20-23)39-28-9-1-5-13-33(28)41-34-14-6-2-10-29(34)39/h1-22H. The summed E-state index contributed by atoms with van der Waals surface area (Å²) in [5, 5.41) is 0. The third-order valence-electron chi connectivity index (χ3n) is 7.52. The molecule has 6 aromatic rings. The minimum atomic E-state index is 0.818. The summed E-state index contributed by atoms with van der Waals surface area (Å²) in [5.41, 5.74) is 8.19. The van der Waals surface area contributed by atoms with Crippen molar-refractivity contribution in [3.63, 3.8) is 0 Å². The van der Waals surface area contributed by atoms with Crippen LogP contribution in [0, 0.1) is 0 Å². The van der Waals surface area contributed by atoms with Crippen molar-refractivity contribution in [2.24, 2.45) is 0 Å². The molecule has 0 N–H and O–H groups in total. The molecule has 0 saturated carbocycles. The van der Waals surface area contributed by atoms with Crippen LogP contribution in [-0.4, -0.2) is 0 Å². The average Bonchev–Trinajstić information content (AvgIpc) is 3.02. The lowest BCUT2D eigenvalue weighted by atomic mass is 9.99. The van der Waals surface area contributed by atoms with Gasteiger partial charge < -0.3 is 19.3 Å². The van der Waals surface area contributed by atoms with Gasteiger partial charge in [0.2, 0.25) is 0 Å². The summed E-state index contributed by atoms with van der Waals surface area (Å²) in [6, 6.07) is 45.7. The number of nitrogens with zero attached hydrogens (tertiary/aromatic N) is 2. The van der Waals surface area contributed by atoms with Crippen molar-refractivity contribution >= 4 is 66.0 Å². The van der Waals surface area contributed by atoms with Crippen molar-refractivity contribution in [2.45, 2.75) is 0 Å². The highest BCUT2D eigenvalue weighted by molar-refractivity contribution is 9.10. The normalized spacial score (nSPS) is 12.8. The Balaban J connectivity index is 1.34. The summed E-state index contributed by atoms with van der Waals surface area (Å²) in [7, 11) is 0. The molecular weight excluding hydrogens is 652 g/mol. The maximum absolute atomic E-state index is 6.31. The Morgan fingerprint density at radius 1 is 0.405 bits per heavy atom. The minimum Gasteiger partial charge on any atom is -0.453 e. The molecule has 0 amide bonds. The second-order valence-electron chi connectivity index (χ2n) is 10.1. The first-order valence-electron chi connectivity index (χ1n) is 13.6. The number of anilines is 6. The van der Waals surface area contributed by atoms with E-state index in [1.54, 1.807) is 0 Å². The van der Waals surface area contributed by atoms with Crippen LogP contribution in [0.5, 0.6) is 23.0 Å². The van der Waals surface area contributed by atoms with Crippen LogP contribution >= 0.6 is 31.9 Å². The molecule has 8 rings (SSSR count). The smallest absolute Gasteiger partial charge is 0.151 e. The van der Waals surface area contributed by atoms with E-state index in [9.17, 15) is 0 Å². The maximum Gasteiger partial charge on any atom is 0.151 e. The lowest BCUT2D eigenvalue weighted by molar-refractivity contribution is 0.477. The number of rotatable bonds is 3. The van der Waals surface area contributed by atoms with Gasteiger partial charge >= 0.3 is 0 Å². The highest BCUT2D eigenvalue weighted by Gasteiger charge is 2.29. The molecule has 6 heteroatoms. The summed E-state index contributed by atoms with van der Waals surface area (Å²) >= 11 is 7.60. The van der Waals surface area contributed by atoms with E-state index >= 15 is 0 Å². The van der Waals surface area contributed by atoms with Crippen molar-refractivity contribution in [3.8, 4) is 34.1 Å². The van der Waals surface area contributed by atoms with Crippen LogP contribution in [-0.2, 0) is 0 Å². The topological polar surface area (TPSA) is 24.9 Å². The molecule has 2 aliphatic rings. The van der Waals surface area contributed by atoms with Gasteiger partial charge in [0.1, 0.15) is 0 Å². The first kappa shape index (κ1) is 25.2. The number of ether oxygens (including phenoxy) is 2. The van der Waals surface area contributed by atoms with E-state index in [2.05, 4.69) is 102 Å². The van der Waals surface area contributed by atoms with Crippen molar-refractivity contribution in [1.82, 2.24) is 0 Å². The van der Waals surface area contributed by atoms with Gasteiger partial charge in [-0.3, -0.25) is 0 Å². The zero-order valence-corrected chi connectivity index (χ0v) is 25.3. The van der Waals surface area contributed by atoms with E-state index in [0.717, 1.165) is 77.2 Å². The van der Waals surface area contributed by atoms with Crippen LogP contribution in [0.3, 0.4) is 0 Å². The number of halogens is 2. The zero-order chi connectivity index (χ0) is 28.2. The van der Waals surface area contributed by atoms with Crippen LogP contribution in [0.25, 0.3) is 11.1 Å². The zero-order valence-electron chi connectivity index (χ0n) is 22.2. The van der Waals surface area contributed by atoms with Crippen molar-refractivity contribution in [3.05, 3.63) is 142 Å². The fourth-order valence-corrected chi connectivity index (χ4v) is 6.57. The van der Waals surface area contributed by atoms with E-state index in [1.165, 1.54) is 0 Å². The summed E-state index contributed by atoms with van der Waals surface area (Å²) in [5.74, 6) is 3.28. The Labute approximate surface area is 260 Å². The molecule has 0 unspecified atom stereocenters. The molecule has 0 atom stereocenters. The number of hydrogen-bond acceptors (Lipinski definition) is 4. The number of para-hydroxylation sites is 8. The lowest BCUT2D eigenvalue weighted by Gasteiger charge is -2.35. The predicted molar refractivity (Wildman–Crippen MR) is 177 cm³/mol. The van der Waals surface area contributed by atoms with Gasteiger partial charge in [-0.05, 0) is 84.4 Å². The maximum atomic E-state index is 6.31. The Kier molecular flexibility index (Phi) is 6.05. The summed E-state index contributed by atoms with van der Waals surface area (Å²) in [6.45, 7) is 0. The van der Waals surface area contributed by atoms with E-state index < -0.39 is 0 Å². The fraction of sp³-hybridized carbons (Fsp3) is 0. The molecule has 0 fully saturated rings. The Morgan fingerprint density at radius 2 is 0.881 bits per heavy atom. The second kappa shape index (κ2) is 10.1. The molecule has 0 aromatic heterocycles. The van der Waals surface area contributed by atoms with Crippen LogP contribution < -0.4 is 19.3 Å². The number of hydrogen-bond donors (Lipinski definition) is 0. The minimum absolute atomic E-state index is 0.818. The molecule has 0 saturated heterocycles. The van der Waals surface area contributed by atoms with E-state index in [0.29, 0.717) is 0 Å². The number of fused-ring (bicyclic) bond motifs is 4. The van der Waals surface area contributed by atoms with Gasteiger partial charge in [-0.1, -0.05) is 86.5 Å². The van der Waals surface area contributed by atoms with Crippen LogP contribution in [0.2, 0.25) is 0 Å². The van der Waals surface area contributed by atoms with Crippen LogP contribution in [0.4, 0.5) is 34.1 Å². The highest BCUT2D eigenvalue weighted by atomic mass is 79.9. The summed E-state index contributed by atoms with van der Waals surface area (Å²) in [6.07, 6.45) is 0. The van der Waals surface area contributed by atoms with Gasteiger partial charge in [0.05, 0.1) is 28.4 Å². The molecule has 4 nitrogen and oxygen atoms in total. The van der Waals surface area contributed by atoms with Gasteiger partial charge in [0.25, 0.3) is 0 Å². The van der Waals surface area contributed by atoms with Crippen LogP contribution in [0.1, 0.15) is 0 Å². The molecular formula is C36H22Br2N2O2. The van der Waals surface area contributed by atoms with E-state index in [1.807, 2.05) is 72.8 Å². The Morgan fingerprint density at radius 3 is 1.40 bits per heavy atom. The monoisotopic (exact) mass is 672 g/mol. The molecule has 0 bridgehead atoms. The van der Waals surface area contributed by atoms with Crippen molar-refractivity contribution < 1.29 is 9.47 Å². The van der Waals surface area contributed by atoms with E-state index in [-0.39, 0.29) is 0 Å². The van der Waals surface area contributed by atoms with Gasteiger partial charge in [0, 0.05) is 20.2 Å².